The Morgan fingerprint density at radius 3 is 2.30 bits per heavy atom. The second-order valence-corrected chi connectivity index (χ2v) is 6.51. The first-order valence-corrected chi connectivity index (χ1v) is 7.07. The Hall–Kier alpha value is -1.03. The van der Waals surface area contributed by atoms with Crippen molar-refractivity contribution in [3.8, 4) is 11.6 Å². The molecule has 3 nitrogen and oxygen atoms in total. The van der Waals surface area contributed by atoms with Gasteiger partial charge in [0.15, 0.2) is 0 Å². The van der Waals surface area contributed by atoms with Gasteiger partial charge >= 0.3 is 0 Å². The molecule has 1 heterocycles. The number of benzene rings is 1. The summed E-state index contributed by atoms with van der Waals surface area (Å²) in [6.45, 7) is 5.99. The van der Waals surface area contributed by atoms with Crippen LogP contribution in [0.3, 0.4) is 0 Å². The zero-order valence-electron chi connectivity index (χ0n) is 11.2. The fraction of sp³-hybridized carbons (Fsp3) is 0.286. The number of ether oxygens (including phenoxy) is 1. The van der Waals surface area contributed by atoms with Crippen molar-refractivity contribution in [2.75, 3.05) is 0 Å². The van der Waals surface area contributed by atoms with Crippen molar-refractivity contribution < 1.29 is 4.74 Å². The van der Waals surface area contributed by atoms with Crippen molar-refractivity contribution in [3.63, 3.8) is 0 Å². The molecule has 2 rings (SSSR count). The SMILES string of the molecule is CC(C)(C)c1nc(Cl)cc(Oc2ccc(Cl)cc2Cl)n1. The van der Waals surface area contributed by atoms with E-state index in [1.807, 2.05) is 20.8 Å². The van der Waals surface area contributed by atoms with E-state index in [2.05, 4.69) is 9.97 Å². The fourth-order valence-corrected chi connectivity index (χ4v) is 2.08. The molecule has 0 N–H and O–H groups in total. The van der Waals surface area contributed by atoms with Crippen LogP contribution in [0.1, 0.15) is 26.6 Å². The lowest BCUT2D eigenvalue weighted by molar-refractivity contribution is 0.446. The van der Waals surface area contributed by atoms with Crippen molar-refractivity contribution in [1.82, 2.24) is 9.97 Å². The van der Waals surface area contributed by atoms with Crippen molar-refractivity contribution in [2.45, 2.75) is 26.2 Å². The molecule has 0 bridgehead atoms. The zero-order chi connectivity index (χ0) is 14.9. The molecule has 0 unspecified atom stereocenters. The Labute approximate surface area is 132 Å². The highest BCUT2D eigenvalue weighted by Gasteiger charge is 2.19. The van der Waals surface area contributed by atoms with Crippen LogP contribution in [0.4, 0.5) is 0 Å². The van der Waals surface area contributed by atoms with E-state index in [0.29, 0.717) is 32.7 Å². The number of nitrogens with zero attached hydrogens (tertiary/aromatic N) is 2. The maximum absolute atomic E-state index is 6.06. The summed E-state index contributed by atoms with van der Waals surface area (Å²) in [5.74, 6) is 1.41. The lowest BCUT2D eigenvalue weighted by Gasteiger charge is -2.17. The van der Waals surface area contributed by atoms with Gasteiger partial charge in [0.1, 0.15) is 16.7 Å². The van der Waals surface area contributed by atoms with Crippen LogP contribution in [0.15, 0.2) is 24.3 Å². The fourth-order valence-electron chi connectivity index (χ4n) is 1.46. The first kappa shape index (κ1) is 15.4. The van der Waals surface area contributed by atoms with E-state index in [1.54, 1.807) is 24.3 Å². The summed E-state index contributed by atoms with van der Waals surface area (Å²) in [5.41, 5.74) is -0.229. The Morgan fingerprint density at radius 1 is 1.00 bits per heavy atom. The molecule has 2 aromatic rings. The molecule has 0 amide bonds. The molecule has 0 spiro atoms. The minimum absolute atomic E-state index is 0.229. The molecule has 1 aromatic carbocycles. The Kier molecular flexibility index (Phi) is 4.43. The third-order valence-corrected chi connectivity index (χ3v) is 3.17. The molecule has 0 saturated heterocycles. The van der Waals surface area contributed by atoms with E-state index in [1.165, 1.54) is 0 Å². The molecular formula is C14H13Cl3N2O. The average molecular weight is 332 g/mol. The molecule has 20 heavy (non-hydrogen) atoms. The maximum atomic E-state index is 6.06. The monoisotopic (exact) mass is 330 g/mol. The molecule has 106 valence electrons. The summed E-state index contributed by atoms with van der Waals surface area (Å²) >= 11 is 17.9. The first-order valence-electron chi connectivity index (χ1n) is 5.94. The highest BCUT2D eigenvalue weighted by molar-refractivity contribution is 6.35. The second kappa shape index (κ2) is 5.76. The average Bonchev–Trinajstić information content (AvgIpc) is 2.31. The van der Waals surface area contributed by atoms with Crippen LogP contribution >= 0.6 is 34.8 Å². The molecule has 0 aliphatic heterocycles. The van der Waals surface area contributed by atoms with E-state index in [0.717, 1.165) is 0 Å². The van der Waals surface area contributed by atoms with E-state index >= 15 is 0 Å². The van der Waals surface area contributed by atoms with E-state index in [9.17, 15) is 0 Å². The Balaban J connectivity index is 2.36. The minimum atomic E-state index is -0.229. The number of hydrogen-bond donors (Lipinski definition) is 0. The molecule has 0 atom stereocenters. The van der Waals surface area contributed by atoms with Gasteiger partial charge in [-0.25, -0.2) is 4.98 Å². The Morgan fingerprint density at radius 2 is 1.70 bits per heavy atom. The van der Waals surface area contributed by atoms with Gasteiger partial charge < -0.3 is 4.74 Å². The maximum Gasteiger partial charge on any atom is 0.224 e. The van der Waals surface area contributed by atoms with Crippen LogP contribution in [0.25, 0.3) is 0 Å². The second-order valence-electron chi connectivity index (χ2n) is 5.28. The molecule has 0 saturated carbocycles. The summed E-state index contributed by atoms with van der Waals surface area (Å²) in [4.78, 5) is 8.56. The van der Waals surface area contributed by atoms with Crippen LogP contribution in [0.5, 0.6) is 11.6 Å². The number of aromatic nitrogens is 2. The molecule has 0 aliphatic carbocycles. The molecule has 6 heteroatoms. The predicted octanol–water partition coefficient (Wildman–Crippen LogP) is 5.53. The van der Waals surface area contributed by atoms with Crippen molar-refractivity contribution >= 4 is 34.8 Å². The largest absolute Gasteiger partial charge is 0.437 e. The van der Waals surface area contributed by atoms with Crippen LogP contribution in [-0.2, 0) is 5.41 Å². The lowest BCUT2D eigenvalue weighted by atomic mass is 9.96. The van der Waals surface area contributed by atoms with Gasteiger partial charge in [-0.1, -0.05) is 55.6 Å². The molecule has 0 radical (unpaired) electrons. The van der Waals surface area contributed by atoms with Crippen LogP contribution < -0.4 is 4.74 Å². The first-order chi connectivity index (χ1) is 9.25. The number of rotatable bonds is 2. The van der Waals surface area contributed by atoms with Gasteiger partial charge in [-0.2, -0.15) is 4.98 Å². The highest BCUT2D eigenvalue weighted by atomic mass is 35.5. The van der Waals surface area contributed by atoms with E-state index < -0.39 is 0 Å². The lowest BCUT2D eigenvalue weighted by Crippen LogP contribution is -2.16. The summed E-state index contributed by atoms with van der Waals surface area (Å²) in [7, 11) is 0. The third kappa shape index (κ3) is 3.75. The molecule has 0 aliphatic rings. The standard InChI is InChI=1S/C14H13Cl3N2O/c1-14(2,3)13-18-11(17)7-12(19-13)20-10-5-4-8(15)6-9(10)16/h4-7H,1-3H3. The Bertz CT molecular complexity index is 639. The van der Waals surface area contributed by atoms with Gasteiger partial charge in [0.25, 0.3) is 0 Å². The van der Waals surface area contributed by atoms with Crippen LogP contribution in [0, 0.1) is 0 Å². The van der Waals surface area contributed by atoms with Gasteiger partial charge in [-0.05, 0) is 18.2 Å². The van der Waals surface area contributed by atoms with Crippen molar-refractivity contribution in [3.05, 3.63) is 45.3 Å². The van der Waals surface area contributed by atoms with Crippen LogP contribution in [-0.4, -0.2) is 9.97 Å². The summed E-state index contributed by atoms with van der Waals surface area (Å²) in [5, 5.41) is 1.27. The van der Waals surface area contributed by atoms with Gasteiger partial charge in [-0.15, -0.1) is 0 Å². The van der Waals surface area contributed by atoms with E-state index in [4.69, 9.17) is 39.5 Å². The van der Waals surface area contributed by atoms with Gasteiger partial charge in [0.05, 0.1) is 5.02 Å². The molecule has 0 fully saturated rings. The molecule has 1 aromatic heterocycles. The quantitative estimate of drug-likeness (QED) is 0.679. The van der Waals surface area contributed by atoms with Crippen molar-refractivity contribution in [1.29, 1.82) is 0 Å². The minimum Gasteiger partial charge on any atom is -0.437 e. The summed E-state index contributed by atoms with van der Waals surface area (Å²) < 4.78 is 5.65. The van der Waals surface area contributed by atoms with Gasteiger partial charge in [0.2, 0.25) is 5.88 Å². The van der Waals surface area contributed by atoms with Crippen LogP contribution in [0.2, 0.25) is 15.2 Å². The highest BCUT2D eigenvalue weighted by Crippen LogP contribution is 2.32. The predicted molar refractivity (Wildman–Crippen MR) is 82.3 cm³/mol. The third-order valence-electron chi connectivity index (χ3n) is 2.45. The zero-order valence-corrected chi connectivity index (χ0v) is 13.5. The molecular weight excluding hydrogens is 319 g/mol. The smallest absolute Gasteiger partial charge is 0.224 e. The van der Waals surface area contributed by atoms with Gasteiger partial charge in [0, 0.05) is 16.5 Å². The van der Waals surface area contributed by atoms with Crippen molar-refractivity contribution in [2.24, 2.45) is 0 Å². The number of halogens is 3. The van der Waals surface area contributed by atoms with E-state index in [-0.39, 0.29) is 5.41 Å². The summed E-state index contributed by atoms with van der Waals surface area (Å²) in [6, 6.07) is 6.52. The topological polar surface area (TPSA) is 35.0 Å². The summed E-state index contributed by atoms with van der Waals surface area (Å²) in [6.07, 6.45) is 0. The van der Waals surface area contributed by atoms with Gasteiger partial charge in [-0.3, -0.25) is 0 Å². The number of hydrogen-bond acceptors (Lipinski definition) is 3. The normalized spacial score (nSPS) is 11.5.